The fraction of sp³-hybridized carbons (Fsp3) is 0.433. The van der Waals surface area contributed by atoms with Crippen LogP contribution in [0, 0.1) is 0 Å². The molecular formula is C30H37N5O3. The van der Waals surface area contributed by atoms with Crippen LogP contribution in [-0.2, 0) is 13.6 Å². The number of hydrogen-bond donors (Lipinski definition) is 1. The quantitative estimate of drug-likeness (QED) is 0.362. The topological polar surface area (TPSA) is 83.6 Å². The van der Waals surface area contributed by atoms with E-state index in [1.807, 2.05) is 63.9 Å². The number of likely N-dealkylation sites (tertiary alicyclic amines) is 1. The summed E-state index contributed by atoms with van der Waals surface area (Å²) in [5.74, 6) is 0.773. The van der Waals surface area contributed by atoms with Gasteiger partial charge in [0, 0.05) is 48.2 Å². The normalized spacial score (nSPS) is 18.3. The van der Waals surface area contributed by atoms with Crippen molar-refractivity contribution in [3.05, 3.63) is 54.1 Å². The van der Waals surface area contributed by atoms with E-state index in [0.29, 0.717) is 12.1 Å². The molecule has 2 aromatic heterocycles. The van der Waals surface area contributed by atoms with E-state index in [4.69, 9.17) is 4.98 Å². The van der Waals surface area contributed by atoms with Gasteiger partial charge in [0.1, 0.15) is 0 Å². The van der Waals surface area contributed by atoms with Gasteiger partial charge in [0.15, 0.2) is 5.82 Å². The summed E-state index contributed by atoms with van der Waals surface area (Å²) in [6.45, 7) is 11.1. The lowest BCUT2D eigenvalue weighted by Crippen LogP contribution is -2.59. The molecule has 3 heterocycles. The van der Waals surface area contributed by atoms with Gasteiger partial charge in [0.05, 0.1) is 22.8 Å². The molecule has 0 radical (unpaired) electrons. The highest BCUT2D eigenvalue weighted by atomic mass is 16.4. The van der Waals surface area contributed by atoms with Crippen molar-refractivity contribution in [3.8, 4) is 11.5 Å². The third-order valence-corrected chi connectivity index (χ3v) is 7.90. The predicted octanol–water partition coefficient (Wildman–Crippen LogP) is 5.99. The second-order valence-corrected chi connectivity index (χ2v) is 11.4. The van der Waals surface area contributed by atoms with E-state index < -0.39 is 11.6 Å². The molecule has 2 unspecified atom stereocenters. The van der Waals surface area contributed by atoms with Gasteiger partial charge in [-0.3, -0.25) is 9.69 Å². The maximum absolute atomic E-state index is 13.7. The Hall–Kier alpha value is -3.81. The number of para-hydroxylation sites is 1. The lowest BCUT2D eigenvalue weighted by atomic mass is 9.93. The third kappa shape index (κ3) is 4.31. The van der Waals surface area contributed by atoms with Crippen LogP contribution in [0.3, 0.4) is 0 Å². The minimum atomic E-state index is -0.948. The van der Waals surface area contributed by atoms with Crippen molar-refractivity contribution in [1.29, 1.82) is 0 Å². The van der Waals surface area contributed by atoms with Crippen molar-refractivity contribution in [2.24, 2.45) is 7.05 Å². The predicted molar refractivity (Wildman–Crippen MR) is 150 cm³/mol. The number of imidazole rings is 1. The van der Waals surface area contributed by atoms with E-state index in [1.165, 1.54) is 15.8 Å². The van der Waals surface area contributed by atoms with E-state index in [1.54, 1.807) is 0 Å². The lowest BCUT2D eigenvalue weighted by Gasteiger charge is -2.46. The maximum atomic E-state index is 13.7. The number of aromatic nitrogens is 3. The lowest BCUT2D eigenvalue weighted by molar-refractivity contribution is 0.0195. The number of carboxylic acid groups (broad SMARTS) is 1. The zero-order valence-electron chi connectivity index (χ0n) is 23.1. The van der Waals surface area contributed by atoms with Crippen LogP contribution in [0.4, 0.5) is 4.79 Å². The number of piperidine rings is 1. The molecule has 1 fully saturated rings. The van der Waals surface area contributed by atoms with Crippen LogP contribution in [0.25, 0.3) is 33.5 Å². The van der Waals surface area contributed by atoms with Crippen molar-refractivity contribution >= 4 is 33.9 Å². The number of benzene rings is 2. The van der Waals surface area contributed by atoms with Crippen LogP contribution in [-0.4, -0.2) is 65.2 Å². The zero-order chi connectivity index (χ0) is 27.4. The summed E-state index contributed by atoms with van der Waals surface area (Å²) in [5, 5.41) is 11.1. The summed E-state index contributed by atoms with van der Waals surface area (Å²) in [7, 11) is 2.01. The average Bonchev–Trinajstić information content (AvgIpc) is 3.40. The van der Waals surface area contributed by atoms with E-state index in [-0.39, 0.29) is 18.0 Å². The number of rotatable bonds is 4. The first kappa shape index (κ1) is 25.8. The van der Waals surface area contributed by atoms with Crippen molar-refractivity contribution < 1.29 is 14.7 Å². The van der Waals surface area contributed by atoms with Crippen LogP contribution in [0.15, 0.2) is 48.5 Å². The molecule has 200 valence electrons. The SMILES string of the molecule is CCn1c(-c2nc3cc(C(=O)N4CC(N(C(=O)O)C(C)(C)C)CCC4C)ccc3n2C)cc2ccccc21. The third-order valence-electron chi connectivity index (χ3n) is 7.90. The maximum Gasteiger partial charge on any atom is 0.408 e. The molecule has 38 heavy (non-hydrogen) atoms. The zero-order valence-corrected chi connectivity index (χ0v) is 23.1. The minimum absolute atomic E-state index is 0.0321. The summed E-state index contributed by atoms with van der Waals surface area (Å²) in [4.78, 5) is 34.1. The first-order valence-corrected chi connectivity index (χ1v) is 13.4. The van der Waals surface area contributed by atoms with Gasteiger partial charge in [-0.05, 0) is 77.8 Å². The highest BCUT2D eigenvalue weighted by Gasteiger charge is 2.39. The molecule has 2 aromatic carbocycles. The van der Waals surface area contributed by atoms with Gasteiger partial charge in [-0.15, -0.1) is 0 Å². The van der Waals surface area contributed by atoms with Gasteiger partial charge in [0.2, 0.25) is 0 Å². The number of hydrogen-bond acceptors (Lipinski definition) is 3. The van der Waals surface area contributed by atoms with Gasteiger partial charge < -0.3 is 19.1 Å². The Kier molecular flexibility index (Phi) is 6.45. The second-order valence-electron chi connectivity index (χ2n) is 11.4. The molecule has 8 nitrogen and oxygen atoms in total. The van der Waals surface area contributed by atoms with Crippen molar-refractivity contribution in [1.82, 2.24) is 23.9 Å². The summed E-state index contributed by atoms with van der Waals surface area (Å²) in [5.41, 5.74) is 3.97. The molecule has 5 rings (SSSR count). The molecule has 1 aliphatic rings. The monoisotopic (exact) mass is 515 g/mol. The van der Waals surface area contributed by atoms with Crippen molar-refractivity contribution in [3.63, 3.8) is 0 Å². The average molecular weight is 516 g/mol. The van der Waals surface area contributed by atoms with Crippen LogP contribution >= 0.6 is 0 Å². The van der Waals surface area contributed by atoms with E-state index in [2.05, 4.69) is 40.3 Å². The number of aryl methyl sites for hydroxylation is 2. The number of carbonyl (C=O) groups is 2. The summed E-state index contributed by atoms with van der Waals surface area (Å²) < 4.78 is 4.35. The number of carbonyl (C=O) groups excluding carboxylic acids is 1. The molecule has 2 amide bonds. The Labute approximate surface area is 223 Å². The highest BCUT2D eigenvalue weighted by Crippen LogP contribution is 2.31. The van der Waals surface area contributed by atoms with E-state index in [0.717, 1.165) is 41.9 Å². The Morgan fingerprint density at radius 3 is 2.50 bits per heavy atom. The molecule has 1 saturated heterocycles. The molecule has 0 spiro atoms. The first-order valence-electron chi connectivity index (χ1n) is 13.4. The number of amides is 2. The fourth-order valence-corrected chi connectivity index (χ4v) is 6.04. The Balaban J connectivity index is 1.49. The Morgan fingerprint density at radius 1 is 1.08 bits per heavy atom. The number of nitrogens with zero attached hydrogens (tertiary/aromatic N) is 5. The summed E-state index contributed by atoms with van der Waals surface area (Å²) >= 11 is 0. The molecule has 2 atom stereocenters. The van der Waals surface area contributed by atoms with Crippen LogP contribution in [0.2, 0.25) is 0 Å². The summed E-state index contributed by atoms with van der Waals surface area (Å²) in [6.07, 6.45) is 0.549. The van der Waals surface area contributed by atoms with Gasteiger partial charge in [0.25, 0.3) is 5.91 Å². The molecule has 8 heteroatoms. The fourth-order valence-electron chi connectivity index (χ4n) is 6.04. The molecular weight excluding hydrogens is 478 g/mol. The number of fused-ring (bicyclic) bond motifs is 2. The van der Waals surface area contributed by atoms with E-state index in [9.17, 15) is 14.7 Å². The minimum Gasteiger partial charge on any atom is -0.465 e. The first-order chi connectivity index (χ1) is 18.0. The smallest absolute Gasteiger partial charge is 0.408 e. The van der Waals surface area contributed by atoms with Crippen molar-refractivity contribution in [2.45, 2.75) is 71.6 Å². The highest BCUT2D eigenvalue weighted by molar-refractivity contribution is 5.98. The largest absolute Gasteiger partial charge is 0.465 e. The van der Waals surface area contributed by atoms with Gasteiger partial charge in [-0.25, -0.2) is 9.78 Å². The molecule has 0 saturated carbocycles. The Bertz CT molecular complexity index is 1530. The molecule has 1 aliphatic heterocycles. The molecule has 0 bridgehead atoms. The van der Waals surface area contributed by atoms with E-state index >= 15 is 0 Å². The van der Waals surface area contributed by atoms with Crippen LogP contribution < -0.4 is 0 Å². The van der Waals surface area contributed by atoms with Gasteiger partial charge in [-0.2, -0.15) is 0 Å². The standard InChI is InChI=1S/C30H37N5O3/c1-7-33-24-11-9-8-10-20(24)17-26(33)27-31-23-16-21(13-15-25(23)32(27)6)28(36)34-18-22(14-12-19(34)2)35(29(37)38)30(3,4)5/h8-11,13,15-17,19,22H,7,12,14,18H2,1-6H3,(H,37,38). The van der Waals surface area contributed by atoms with Crippen molar-refractivity contribution in [2.75, 3.05) is 6.54 Å². The van der Waals surface area contributed by atoms with Gasteiger partial charge >= 0.3 is 6.09 Å². The summed E-state index contributed by atoms with van der Waals surface area (Å²) in [6, 6.07) is 16.0. The van der Waals surface area contributed by atoms with Crippen LogP contribution in [0.1, 0.15) is 57.8 Å². The molecule has 1 N–H and O–H groups in total. The molecule has 4 aromatic rings. The van der Waals surface area contributed by atoms with Crippen LogP contribution in [0.5, 0.6) is 0 Å². The van der Waals surface area contributed by atoms with Gasteiger partial charge in [-0.1, -0.05) is 18.2 Å². The molecule has 0 aliphatic carbocycles. The second kappa shape index (κ2) is 9.49. The Morgan fingerprint density at radius 2 is 1.82 bits per heavy atom.